The molecule has 1 atom stereocenters. The topological polar surface area (TPSA) is 18.5 Å². The number of ether oxygens (including phenoxy) is 2. The van der Waals surface area contributed by atoms with Gasteiger partial charge in [-0.3, -0.25) is 0 Å². The third kappa shape index (κ3) is 3.36. The summed E-state index contributed by atoms with van der Waals surface area (Å²) in [7, 11) is 0. The van der Waals surface area contributed by atoms with Gasteiger partial charge in [-0.15, -0.1) is 0 Å². The molecule has 0 N–H and O–H groups in total. The third-order valence-electron chi connectivity index (χ3n) is 3.01. The van der Waals surface area contributed by atoms with E-state index in [2.05, 4.69) is 30.8 Å². The number of allylic oxidation sites excluding steroid dienone is 1. The molecule has 0 aromatic heterocycles. The summed E-state index contributed by atoms with van der Waals surface area (Å²) in [6.07, 6.45) is -0.225. The average Bonchev–Trinajstić information content (AvgIpc) is 2.38. The quantitative estimate of drug-likeness (QED) is 0.726. The minimum absolute atomic E-state index is 0.225. The summed E-state index contributed by atoms with van der Waals surface area (Å²) in [5.74, 6) is 0.830. The van der Waals surface area contributed by atoms with E-state index < -0.39 is 0 Å². The number of rotatable bonds is 5. The van der Waals surface area contributed by atoms with Crippen molar-refractivity contribution in [1.29, 1.82) is 0 Å². The van der Waals surface area contributed by atoms with E-state index in [1.807, 2.05) is 32.9 Å². The highest BCUT2D eigenvalue weighted by Crippen LogP contribution is 2.24. The van der Waals surface area contributed by atoms with Crippen LogP contribution >= 0.6 is 0 Å². The zero-order valence-electron chi connectivity index (χ0n) is 11.8. The first-order chi connectivity index (χ1) is 9.10. The van der Waals surface area contributed by atoms with E-state index in [0.29, 0.717) is 6.61 Å². The van der Waals surface area contributed by atoms with Crippen molar-refractivity contribution in [3.8, 4) is 5.75 Å². The van der Waals surface area contributed by atoms with Crippen LogP contribution in [0, 0.1) is 0 Å². The molecule has 19 heavy (non-hydrogen) atoms. The lowest BCUT2D eigenvalue weighted by Gasteiger charge is -2.14. The van der Waals surface area contributed by atoms with E-state index in [4.69, 9.17) is 9.47 Å². The van der Waals surface area contributed by atoms with Gasteiger partial charge >= 0.3 is 0 Å². The van der Waals surface area contributed by atoms with E-state index in [1.54, 1.807) is 0 Å². The van der Waals surface area contributed by atoms with Crippen LogP contribution in [0.4, 0.5) is 0 Å². The summed E-state index contributed by atoms with van der Waals surface area (Å²) >= 11 is 0. The second-order valence-corrected chi connectivity index (χ2v) is 4.64. The van der Waals surface area contributed by atoms with Crippen molar-refractivity contribution in [2.24, 2.45) is 0 Å². The average molecular weight is 256 g/mol. The molecule has 0 heterocycles. The lowest BCUT2D eigenvalue weighted by molar-refractivity contribution is -0.0612. The Balaban J connectivity index is 2.26. The SMILES string of the molecule is C=C(C)c1ccc2cc(OC(C)OCC)ccc2c1. The van der Waals surface area contributed by atoms with Gasteiger partial charge in [0.05, 0.1) is 0 Å². The van der Waals surface area contributed by atoms with Gasteiger partial charge in [0.15, 0.2) is 6.29 Å². The zero-order valence-corrected chi connectivity index (χ0v) is 11.8. The monoisotopic (exact) mass is 256 g/mol. The molecule has 0 aliphatic rings. The molecule has 0 fully saturated rings. The first kappa shape index (κ1) is 13.6. The van der Waals surface area contributed by atoms with Crippen LogP contribution in [0.3, 0.4) is 0 Å². The Hall–Kier alpha value is -1.80. The van der Waals surface area contributed by atoms with Crippen LogP contribution in [0.1, 0.15) is 26.3 Å². The molecule has 2 aromatic carbocycles. The molecule has 1 unspecified atom stereocenters. The van der Waals surface area contributed by atoms with Crippen molar-refractivity contribution in [3.05, 3.63) is 48.5 Å². The van der Waals surface area contributed by atoms with E-state index in [-0.39, 0.29) is 6.29 Å². The Kier molecular flexibility index (Phi) is 4.23. The van der Waals surface area contributed by atoms with Crippen LogP contribution in [-0.4, -0.2) is 12.9 Å². The summed E-state index contributed by atoms with van der Waals surface area (Å²) in [4.78, 5) is 0. The van der Waals surface area contributed by atoms with Crippen LogP contribution in [0.2, 0.25) is 0 Å². The van der Waals surface area contributed by atoms with E-state index >= 15 is 0 Å². The molecule has 100 valence electrons. The first-order valence-electron chi connectivity index (χ1n) is 6.58. The van der Waals surface area contributed by atoms with Gasteiger partial charge in [-0.2, -0.15) is 0 Å². The molecule has 2 nitrogen and oxygen atoms in total. The van der Waals surface area contributed by atoms with Crippen molar-refractivity contribution < 1.29 is 9.47 Å². The van der Waals surface area contributed by atoms with Crippen LogP contribution in [0.5, 0.6) is 5.75 Å². The molecule has 0 saturated carbocycles. The van der Waals surface area contributed by atoms with Gasteiger partial charge in [0.25, 0.3) is 0 Å². The van der Waals surface area contributed by atoms with Gasteiger partial charge in [-0.1, -0.05) is 30.4 Å². The van der Waals surface area contributed by atoms with Crippen molar-refractivity contribution in [1.82, 2.24) is 0 Å². The molecule has 2 heteroatoms. The fourth-order valence-corrected chi connectivity index (χ4v) is 2.02. The number of fused-ring (bicyclic) bond motifs is 1. The first-order valence-corrected chi connectivity index (χ1v) is 6.58. The normalized spacial score (nSPS) is 12.4. The predicted molar refractivity (Wildman–Crippen MR) is 80.4 cm³/mol. The van der Waals surface area contributed by atoms with Crippen molar-refractivity contribution in [3.63, 3.8) is 0 Å². The molecular formula is C17H20O2. The van der Waals surface area contributed by atoms with Crippen LogP contribution in [0.15, 0.2) is 43.0 Å². The minimum atomic E-state index is -0.225. The highest BCUT2D eigenvalue weighted by Gasteiger charge is 2.04. The summed E-state index contributed by atoms with van der Waals surface area (Å²) in [6.45, 7) is 10.5. The van der Waals surface area contributed by atoms with E-state index in [1.165, 1.54) is 10.9 Å². The molecule has 0 bridgehead atoms. The second-order valence-electron chi connectivity index (χ2n) is 4.64. The fraction of sp³-hybridized carbons (Fsp3) is 0.294. The number of benzene rings is 2. The fourth-order valence-electron chi connectivity index (χ4n) is 2.02. The van der Waals surface area contributed by atoms with Gasteiger partial charge < -0.3 is 9.47 Å². The summed E-state index contributed by atoms with van der Waals surface area (Å²) in [5, 5.41) is 2.35. The van der Waals surface area contributed by atoms with Crippen LogP contribution in [-0.2, 0) is 4.74 Å². The van der Waals surface area contributed by atoms with Crippen molar-refractivity contribution in [2.75, 3.05) is 6.61 Å². The molecular weight excluding hydrogens is 236 g/mol. The second kappa shape index (κ2) is 5.89. The zero-order chi connectivity index (χ0) is 13.8. The standard InChI is InChI=1S/C17H20O2/c1-5-18-13(4)19-17-9-8-15-10-14(12(2)3)6-7-16(15)11-17/h6-11,13H,2,5H2,1,3-4H3. The van der Waals surface area contributed by atoms with E-state index in [0.717, 1.165) is 16.7 Å². The predicted octanol–water partition coefficient (Wildman–Crippen LogP) is 4.63. The summed E-state index contributed by atoms with van der Waals surface area (Å²) in [6, 6.07) is 12.4. The Morgan fingerprint density at radius 2 is 1.84 bits per heavy atom. The maximum absolute atomic E-state index is 5.70. The van der Waals surface area contributed by atoms with Gasteiger partial charge in [-0.25, -0.2) is 0 Å². The molecule has 2 aromatic rings. The van der Waals surface area contributed by atoms with Gasteiger partial charge in [0, 0.05) is 6.61 Å². The van der Waals surface area contributed by atoms with E-state index in [9.17, 15) is 0 Å². The van der Waals surface area contributed by atoms with Crippen molar-refractivity contribution in [2.45, 2.75) is 27.1 Å². The minimum Gasteiger partial charge on any atom is -0.465 e. The number of hydrogen-bond acceptors (Lipinski definition) is 2. The molecule has 2 rings (SSSR count). The molecule has 0 spiro atoms. The van der Waals surface area contributed by atoms with Gasteiger partial charge in [0.1, 0.15) is 5.75 Å². The van der Waals surface area contributed by atoms with Crippen LogP contribution < -0.4 is 4.74 Å². The third-order valence-corrected chi connectivity index (χ3v) is 3.01. The Morgan fingerprint density at radius 3 is 2.53 bits per heavy atom. The highest BCUT2D eigenvalue weighted by molar-refractivity contribution is 5.87. The van der Waals surface area contributed by atoms with Crippen LogP contribution in [0.25, 0.3) is 16.3 Å². The Labute approximate surface area is 114 Å². The maximum Gasteiger partial charge on any atom is 0.196 e. The smallest absolute Gasteiger partial charge is 0.196 e. The number of hydrogen-bond donors (Lipinski definition) is 0. The molecule has 0 amide bonds. The molecule has 0 aliphatic carbocycles. The molecule has 0 saturated heterocycles. The lowest BCUT2D eigenvalue weighted by atomic mass is 10.0. The molecule has 0 radical (unpaired) electrons. The summed E-state index contributed by atoms with van der Waals surface area (Å²) in [5.41, 5.74) is 2.25. The Morgan fingerprint density at radius 1 is 1.16 bits per heavy atom. The molecule has 0 aliphatic heterocycles. The summed E-state index contributed by atoms with van der Waals surface area (Å²) < 4.78 is 11.1. The maximum atomic E-state index is 5.70. The lowest BCUT2D eigenvalue weighted by Crippen LogP contribution is -2.15. The van der Waals surface area contributed by atoms with Gasteiger partial charge in [0.2, 0.25) is 0 Å². The Bertz CT molecular complexity index is 587. The highest BCUT2D eigenvalue weighted by atomic mass is 16.7. The van der Waals surface area contributed by atoms with Crippen molar-refractivity contribution >= 4 is 16.3 Å². The largest absolute Gasteiger partial charge is 0.465 e. The van der Waals surface area contributed by atoms with Gasteiger partial charge in [-0.05, 0) is 55.3 Å².